The Bertz CT molecular complexity index is 8580. The first-order valence-electron chi connectivity index (χ1n) is 47.9. The van der Waals surface area contributed by atoms with Gasteiger partial charge in [0.25, 0.3) is 0 Å². The van der Waals surface area contributed by atoms with E-state index in [-0.39, 0.29) is 5.41 Å². The molecule has 3 heterocycles. The fourth-order valence-electron chi connectivity index (χ4n) is 19.4. The van der Waals surface area contributed by atoms with E-state index in [1.807, 2.05) is 72.8 Å². The maximum absolute atomic E-state index is 5.25. The Labute approximate surface area is 821 Å². The van der Waals surface area contributed by atoms with E-state index in [2.05, 4.69) is 469 Å². The molecule has 7 heteroatoms. The fraction of sp³-hybridized carbons (Fsp3) is 0.0224. The molecule has 0 saturated heterocycles. The van der Waals surface area contributed by atoms with E-state index in [9.17, 15) is 0 Å². The lowest BCUT2D eigenvalue weighted by Crippen LogP contribution is -2.14. The lowest BCUT2D eigenvalue weighted by Gasteiger charge is -2.22. The lowest BCUT2D eigenvalue weighted by molar-refractivity contribution is 0.660. The SMILES string of the molecule is CC1(C)c2ccccc2-c2ccc(-c3ccc(-c4ccc(-c5nc(-c6ccccc6)nc(-c6ccccc6)n5)cc4)cc3)cc21.c1ccc(-c2cccc(-c3ccc(-c4nc(-c5ccc(-c6cccc(-c7ccccc7)c6)cc5)c5ccc6ccccc6c5n4)cc3)c2)cc1.c1ccc(-c2cccc(-c3ccc(-c4nc(-c5ccc(-c6cccc(-c7ccccc7)c6)cc5)c5ccccc5n4)cc3)c2)cc1. The van der Waals surface area contributed by atoms with Crippen LogP contribution < -0.4 is 0 Å². The topological polar surface area (TPSA) is 90.2 Å². The van der Waals surface area contributed by atoms with E-state index in [0.29, 0.717) is 23.3 Å². The molecule has 0 radical (unpaired) electrons. The molecular weight excluding hydrogens is 1710 g/mol. The maximum Gasteiger partial charge on any atom is 0.164 e. The van der Waals surface area contributed by atoms with E-state index in [1.165, 1.54) is 117 Å². The first-order valence-corrected chi connectivity index (χ1v) is 47.9. The summed E-state index contributed by atoms with van der Waals surface area (Å²) in [6, 6.07) is 186. The van der Waals surface area contributed by atoms with Gasteiger partial charge in [0.15, 0.2) is 29.1 Å². The number of para-hydroxylation sites is 1. The lowest BCUT2D eigenvalue weighted by atomic mass is 9.81. The number of nitrogens with zero attached hydrogens (tertiary/aromatic N) is 7. The maximum atomic E-state index is 5.25. The molecule has 24 aromatic rings. The van der Waals surface area contributed by atoms with E-state index >= 15 is 0 Å². The largest absolute Gasteiger partial charge is 0.228 e. The molecule has 0 spiro atoms. The Kier molecular flexibility index (Phi) is 23.8. The van der Waals surface area contributed by atoms with Gasteiger partial charge in [0.05, 0.1) is 22.4 Å². The van der Waals surface area contributed by atoms with Crippen LogP contribution in [-0.2, 0) is 5.41 Å². The molecule has 0 unspecified atom stereocenters. The highest BCUT2D eigenvalue weighted by atomic mass is 15.0. The van der Waals surface area contributed by atoms with Crippen LogP contribution >= 0.6 is 0 Å². The normalized spacial score (nSPS) is 11.7. The summed E-state index contributed by atoms with van der Waals surface area (Å²) in [5, 5.41) is 4.37. The molecule has 664 valence electrons. The summed E-state index contributed by atoms with van der Waals surface area (Å²) in [6.07, 6.45) is 0. The Hall–Kier alpha value is -18.4. The quantitative estimate of drug-likeness (QED) is 0.0839. The predicted octanol–water partition coefficient (Wildman–Crippen LogP) is 34.9. The summed E-state index contributed by atoms with van der Waals surface area (Å²) in [5.41, 5.74) is 40.1. The summed E-state index contributed by atoms with van der Waals surface area (Å²) in [4.78, 5) is 35.1. The van der Waals surface area contributed by atoms with E-state index < -0.39 is 0 Å². The van der Waals surface area contributed by atoms with Gasteiger partial charge in [-0.05, 0) is 181 Å². The van der Waals surface area contributed by atoms with Crippen LogP contribution in [0.15, 0.2) is 528 Å². The van der Waals surface area contributed by atoms with Crippen LogP contribution in [0.1, 0.15) is 25.0 Å². The summed E-state index contributed by atoms with van der Waals surface area (Å²) in [6.45, 7) is 4.66. The van der Waals surface area contributed by atoms with Crippen LogP contribution in [0, 0.1) is 0 Å². The molecule has 0 fully saturated rings. The minimum Gasteiger partial charge on any atom is -0.228 e. The third-order valence-corrected chi connectivity index (χ3v) is 27.0. The van der Waals surface area contributed by atoms with Crippen molar-refractivity contribution in [1.29, 1.82) is 0 Å². The van der Waals surface area contributed by atoms with Gasteiger partial charge in [0.1, 0.15) is 0 Å². The van der Waals surface area contributed by atoms with Crippen LogP contribution in [-0.4, -0.2) is 34.9 Å². The molecule has 0 bridgehead atoms. The van der Waals surface area contributed by atoms with Gasteiger partial charge in [0.2, 0.25) is 0 Å². The van der Waals surface area contributed by atoms with Gasteiger partial charge in [0, 0.05) is 60.5 Å². The third-order valence-electron chi connectivity index (χ3n) is 27.0. The highest BCUT2D eigenvalue weighted by Gasteiger charge is 2.35. The molecule has 0 amide bonds. The second-order valence-corrected chi connectivity index (χ2v) is 36.2. The first kappa shape index (κ1) is 86.7. The average molecular weight is 1800 g/mol. The Morgan fingerprint density at radius 3 is 0.773 bits per heavy atom. The van der Waals surface area contributed by atoms with Gasteiger partial charge >= 0.3 is 0 Å². The number of hydrogen-bond acceptors (Lipinski definition) is 7. The molecule has 0 aliphatic heterocycles. The van der Waals surface area contributed by atoms with Crippen molar-refractivity contribution in [2.24, 2.45) is 0 Å². The molecule has 25 rings (SSSR count). The number of aromatic nitrogens is 7. The Morgan fingerprint density at radius 1 is 0.142 bits per heavy atom. The minimum absolute atomic E-state index is 0.00806. The highest BCUT2D eigenvalue weighted by Crippen LogP contribution is 2.50. The van der Waals surface area contributed by atoms with Gasteiger partial charge in [-0.2, -0.15) is 0 Å². The summed E-state index contributed by atoms with van der Waals surface area (Å²) in [5.74, 6) is 3.42. The predicted molar refractivity (Wildman–Crippen MR) is 586 cm³/mol. The van der Waals surface area contributed by atoms with E-state index in [0.717, 1.165) is 105 Å². The molecule has 3 aromatic heterocycles. The summed E-state index contributed by atoms with van der Waals surface area (Å²) >= 11 is 0. The second kappa shape index (κ2) is 38.7. The minimum atomic E-state index is -0.00806. The fourth-order valence-corrected chi connectivity index (χ4v) is 19.4. The number of fused-ring (bicyclic) bond motifs is 7. The molecule has 7 nitrogen and oxygen atoms in total. The zero-order chi connectivity index (χ0) is 94.4. The van der Waals surface area contributed by atoms with E-state index in [1.54, 1.807) is 0 Å². The van der Waals surface area contributed by atoms with Crippen LogP contribution in [0.25, 0.3) is 234 Å². The highest BCUT2D eigenvalue weighted by molar-refractivity contribution is 6.10. The Morgan fingerprint density at radius 2 is 0.390 bits per heavy atom. The number of hydrogen-bond donors (Lipinski definition) is 0. The van der Waals surface area contributed by atoms with Crippen LogP contribution in [0.5, 0.6) is 0 Å². The van der Waals surface area contributed by atoms with Gasteiger partial charge in [-0.1, -0.05) is 499 Å². The van der Waals surface area contributed by atoms with Crippen molar-refractivity contribution in [3.63, 3.8) is 0 Å². The van der Waals surface area contributed by atoms with Crippen molar-refractivity contribution in [3.8, 4) is 202 Å². The van der Waals surface area contributed by atoms with Gasteiger partial charge < -0.3 is 0 Å². The van der Waals surface area contributed by atoms with Crippen molar-refractivity contribution in [2.75, 3.05) is 0 Å². The molecule has 1 aliphatic carbocycles. The molecule has 141 heavy (non-hydrogen) atoms. The summed E-state index contributed by atoms with van der Waals surface area (Å²) < 4.78 is 0. The van der Waals surface area contributed by atoms with Crippen molar-refractivity contribution < 1.29 is 0 Å². The van der Waals surface area contributed by atoms with Gasteiger partial charge in [-0.3, -0.25) is 0 Å². The zero-order valence-corrected chi connectivity index (χ0v) is 77.9. The van der Waals surface area contributed by atoms with Crippen LogP contribution in [0.4, 0.5) is 0 Å². The molecule has 0 N–H and O–H groups in total. The number of benzene rings is 21. The molecule has 0 atom stereocenters. The van der Waals surface area contributed by atoms with Crippen molar-refractivity contribution in [1.82, 2.24) is 34.9 Å². The van der Waals surface area contributed by atoms with Crippen LogP contribution in [0.3, 0.4) is 0 Å². The molecule has 1 aliphatic rings. The molecule has 21 aromatic carbocycles. The summed E-state index contributed by atoms with van der Waals surface area (Å²) in [7, 11) is 0. The first-order chi connectivity index (χ1) is 69.6. The smallest absolute Gasteiger partial charge is 0.164 e. The van der Waals surface area contributed by atoms with Crippen molar-refractivity contribution in [2.45, 2.75) is 19.3 Å². The third kappa shape index (κ3) is 18.3. The zero-order valence-electron chi connectivity index (χ0n) is 77.9. The van der Waals surface area contributed by atoms with Gasteiger partial charge in [-0.15, -0.1) is 0 Å². The standard InChI is InChI=1S/C48H32N2.C44H30N2.C42H31N3/c1-3-11-33(12-4-1)40-16-9-18-42(31-40)35-21-25-38(26-22-35)46-45-30-29-37-15-7-8-20-44(37)47(45)50-48(49-46)39-27-23-36(24-28-39)43-19-10-17-41(32-43)34-13-5-2-6-14-34;1-3-11-31(12-4-1)37-15-9-17-39(29-37)33-21-25-35(26-22-33)43-41-19-7-8-20-42(41)45-44(46-43)36-27-23-34(24-28-36)40-18-10-16-38(30-40)32-13-5-2-6-14-32;1-42(2)37-16-10-9-15-35(37)36-26-25-34(27-38(36)42)30-19-17-28(18-20-30)29-21-23-33(24-22-29)41-44-39(31-11-5-3-6-12-31)43-40(45-41)32-13-7-4-8-14-32/h1-32H;1-30H;3-27H,1-2H3. The van der Waals surface area contributed by atoms with Crippen molar-refractivity contribution >= 4 is 32.6 Å². The molecular formula is C134H93N7. The molecule has 0 saturated carbocycles. The van der Waals surface area contributed by atoms with Crippen molar-refractivity contribution in [3.05, 3.63) is 539 Å². The monoisotopic (exact) mass is 1800 g/mol. The number of rotatable bonds is 17. The van der Waals surface area contributed by atoms with Crippen LogP contribution in [0.2, 0.25) is 0 Å². The van der Waals surface area contributed by atoms with Gasteiger partial charge in [-0.25, -0.2) is 34.9 Å². The average Bonchev–Trinajstić information content (AvgIpc) is 1.56. The van der Waals surface area contributed by atoms with E-state index in [4.69, 9.17) is 34.9 Å². The Balaban J connectivity index is 0.000000118. The second-order valence-electron chi connectivity index (χ2n) is 36.2.